The molecule has 0 saturated carbocycles. The maximum absolute atomic E-state index is 12.5. The number of hydrogen-bond acceptors (Lipinski definition) is 4. The van der Waals surface area contributed by atoms with E-state index in [1.54, 1.807) is 12.4 Å². The van der Waals surface area contributed by atoms with Crippen molar-refractivity contribution in [1.29, 1.82) is 0 Å². The molecular formula is C21H28N4O. The first kappa shape index (κ1) is 18.2. The van der Waals surface area contributed by atoms with Gasteiger partial charge in [0.1, 0.15) is 0 Å². The van der Waals surface area contributed by atoms with Gasteiger partial charge < -0.3 is 15.5 Å². The molecule has 138 valence electrons. The van der Waals surface area contributed by atoms with Crippen LogP contribution in [0.15, 0.2) is 42.7 Å². The average Bonchev–Trinajstić information content (AvgIpc) is 2.68. The van der Waals surface area contributed by atoms with Gasteiger partial charge in [0, 0.05) is 43.4 Å². The third kappa shape index (κ3) is 4.97. The fraction of sp³-hybridized carbons (Fsp3) is 0.429. The lowest BCUT2D eigenvalue weighted by Crippen LogP contribution is -2.29. The Hall–Kier alpha value is -2.56. The second-order valence-electron chi connectivity index (χ2n) is 7.29. The molecule has 0 radical (unpaired) electrons. The molecule has 0 bridgehead atoms. The zero-order valence-electron chi connectivity index (χ0n) is 15.7. The van der Waals surface area contributed by atoms with Gasteiger partial charge in [0.05, 0.1) is 11.3 Å². The summed E-state index contributed by atoms with van der Waals surface area (Å²) in [5.74, 6) is 0.391. The highest BCUT2D eigenvalue weighted by Gasteiger charge is 2.12. The number of benzene rings is 1. The lowest BCUT2D eigenvalue weighted by Gasteiger charge is -2.28. The van der Waals surface area contributed by atoms with Gasteiger partial charge in [-0.05, 0) is 55.5 Å². The van der Waals surface area contributed by atoms with Gasteiger partial charge in [0.2, 0.25) is 0 Å². The smallest absolute Gasteiger partial charge is 0.257 e. The molecule has 26 heavy (non-hydrogen) atoms. The van der Waals surface area contributed by atoms with Crippen molar-refractivity contribution in [1.82, 2.24) is 4.98 Å². The number of carbonyl (C=O) groups is 1. The average molecular weight is 352 g/mol. The topological polar surface area (TPSA) is 57.3 Å². The van der Waals surface area contributed by atoms with Crippen LogP contribution < -0.4 is 15.5 Å². The Bertz CT molecular complexity index is 721. The Kier molecular flexibility index (Phi) is 6.10. The van der Waals surface area contributed by atoms with Crippen molar-refractivity contribution in [3.05, 3.63) is 48.3 Å². The number of amides is 1. The Balaban J connectivity index is 1.61. The van der Waals surface area contributed by atoms with E-state index in [0.717, 1.165) is 31.0 Å². The van der Waals surface area contributed by atoms with Crippen molar-refractivity contribution in [3.63, 3.8) is 0 Å². The van der Waals surface area contributed by atoms with Crippen molar-refractivity contribution < 1.29 is 4.79 Å². The van der Waals surface area contributed by atoms with E-state index in [2.05, 4.69) is 46.5 Å². The number of nitrogens with zero attached hydrogens (tertiary/aromatic N) is 2. The fourth-order valence-electron chi connectivity index (χ4n) is 3.09. The van der Waals surface area contributed by atoms with Crippen LogP contribution in [0.3, 0.4) is 0 Å². The standard InChI is InChI=1S/C21H28N4O/c1-16(2)13-23-19-12-17(14-22-15-19)21(26)24-18-6-8-20(9-7-18)25-10-4-3-5-11-25/h6-9,12,14-16,23H,3-5,10-11,13H2,1-2H3,(H,24,26). The Morgan fingerprint density at radius 3 is 2.50 bits per heavy atom. The molecule has 1 aliphatic heterocycles. The van der Waals surface area contributed by atoms with E-state index in [4.69, 9.17) is 0 Å². The molecule has 3 rings (SSSR count). The van der Waals surface area contributed by atoms with Gasteiger partial charge in [-0.1, -0.05) is 13.8 Å². The molecule has 1 fully saturated rings. The Labute approximate surface area is 155 Å². The van der Waals surface area contributed by atoms with Crippen molar-refractivity contribution in [2.24, 2.45) is 5.92 Å². The third-order valence-corrected chi connectivity index (χ3v) is 4.56. The van der Waals surface area contributed by atoms with Gasteiger partial charge in [0.15, 0.2) is 0 Å². The number of anilines is 3. The largest absolute Gasteiger partial charge is 0.384 e. The molecule has 1 aliphatic rings. The van der Waals surface area contributed by atoms with Crippen LogP contribution in [0.1, 0.15) is 43.5 Å². The number of carbonyl (C=O) groups excluding carboxylic acids is 1. The van der Waals surface area contributed by atoms with Gasteiger partial charge in [-0.2, -0.15) is 0 Å². The van der Waals surface area contributed by atoms with E-state index < -0.39 is 0 Å². The lowest BCUT2D eigenvalue weighted by molar-refractivity contribution is 0.102. The summed E-state index contributed by atoms with van der Waals surface area (Å²) in [6.07, 6.45) is 7.17. The van der Waals surface area contributed by atoms with Crippen LogP contribution in [-0.4, -0.2) is 30.5 Å². The summed E-state index contributed by atoms with van der Waals surface area (Å²) in [6.45, 7) is 7.38. The molecule has 5 heteroatoms. The number of pyridine rings is 1. The minimum Gasteiger partial charge on any atom is -0.384 e. The van der Waals surface area contributed by atoms with Crippen LogP contribution in [0.25, 0.3) is 0 Å². The van der Waals surface area contributed by atoms with Crippen LogP contribution in [0.2, 0.25) is 0 Å². The first-order chi connectivity index (χ1) is 12.6. The van der Waals surface area contributed by atoms with Crippen molar-refractivity contribution >= 4 is 23.0 Å². The molecule has 2 N–H and O–H groups in total. The van der Waals surface area contributed by atoms with Crippen molar-refractivity contribution in [2.45, 2.75) is 33.1 Å². The second-order valence-corrected chi connectivity index (χ2v) is 7.29. The normalized spacial score (nSPS) is 14.3. The predicted octanol–water partition coefficient (Wildman–Crippen LogP) is 4.39. The minimum absolute atomic E-state index is 0.142. The summed E-state index contributed by atoms with van der Waals surface area (Å²) in [5.41, 5.74) is 3.45. The van der Waals surface area contributed by atoms with Crippen LogP contribution in [0, 0.1) is 5.92 Å². The van der Waals surface area contributed by atoms with E-state index in [9.17, 15) is 4.79 Å². The SMILES string of the molecule is CC(C)CNc1cncc(C(=O)Nc2ccc(N3CCCCC3)cc2)c1. The summed E-state index contributed by atoms with van der Waals surface area (Å²) in [5, 5.41) is 6.25. The molecule has 1 aromatic heterocycles. The molecule has 0 atom stereocenters. The molecule has 2 aromatic rings. The summed E-state index contributed by atoms with van der Waals surface area (Å²) in [7, 11) is 0. The van der Waals surface area contributed by atoms with Gasteiger partial charge >= 0.3 is 0 Å². The molecule has 5 nitrogen and oxygen atoms in total. The number of rotatable bonds is 6. The van der Waals surface area contributed by atoms with Gasteiger partial charge in [0.25, 0.3) is 5.91 Å². The lowest BCUT2D eigenvalue weighted by atomic mass is 10.1. The number of piperidine rings is 1. The highest BCUT2D eigenvalue weighted by Crippen LogP contribution is 2.22. The molecule has 0 unspecified atom stereocenters. The van der Waals surface area contributed by atoms with Gasteiger partial charge in [-0.15, -0.1) is 0 Å². The molecule has 2 heterocycles. The van der Waals surface area contributed by atoms with Crippen LogP contribution >= 0.6 is 0 Å². The zero-order valence-corrected chi connectivity index (χ0v) is 15.7. The number of nitrogens with one attached hydrogen (secondary N) is 2. The van der Waals surface area contributed by atoms with Gasteiger partial charge in [-0.3, -0.25) is 9.78 Å². The quantitative estimate of drug-likeness (QED) is 0.809. The third-order valence-electron chi connectivity index (χ3n) is 4.56. The fourth-order valence-corrected chi connectivity index (χ4v) is 3.09. The molecule has 1 amide bonds. The second kappa shape index (κ2) is 8.70. The first-order valence-electron chi connectivity index (χ1n) is 9.47. The first-order valence-corrected chi connectivity index (χ1v) is 9.47. The van der Waals surface area contributed by atoms with E-state index in [-0.39, 0.29) is 5.91 Å². The van der Waals surface area contributed by atoms with E-state index >= 15 is 0 Å². The molecular weight excluding hydrogens is 324 g/mol. The van der Waals surface area contributed by atoms with Gasteiger partial charge in [-0.25, -0.2) is 0 Å². The van der Waals surface area contributed by atoms with Crippen LogP contribution in [-0.2, 0) is 0 Å². The summed E-state index contributed by atoms with van der Waals surface area (Å²) in [4.78, 5) is 19.1. The molecule has 0 aliphatic carbocycles. The molecule has 1 aromatic carbocycles. The zero-order chi connectivity index (χ0) is 18.4. The number of hydrogen-bond donors (Lipinski definition) is 2. The maximum atomic E-state index is 12.5. The van der Waals surface area contributed by atoms with Crippen LogP contribution in [0.4, 0.5) is 17.1 Å². The highest BCUT2D eigenvalue weighted by atomic mass is 16.1. The maximum Gasteiger partial charge on any atom is 0.257 e. The van der Waals surface area contributed by atoms with Crippen molar-refractivity contribution in [3.8, 4) is 0 Å². The van der Waals surface area contributed by atoms with E-state index in [1.807, 2.05) is 18.2 Å². The predicted molar refractivity (Wildman–Crippen MR) is 108 cm³/mol. The summed E-state index contributed by atoms with van der Waals surface area (Å²) < 4.78 is 0. The molecule has 1 saturated heterocycles. The monoisotopic (exact) mass is 352 g/mol. The minimum atomic E-state index is -0.142. The van der Waals surface area contributed by atoms with E-state index in [0.29, 0.717) is 11.5 Å². The van der Waals surface area contributed by atoms with Crippen LogP contribution in [0.5, 0.6) is 0 Å². The highest BCUT2D eigenvalue weighted by molar-refractivity contribution is 6.04. The molecule has 0 spiro atoms. The Morgan fingerprint density at radius 1 is 1.08 bits per heavy atom. The van der Waals surface area contributed by atoms with E-state index in [1.165, 1.54) is 24.9 Å². The summed E-state index contributed by atoms with van der Waals surface area (Å²) in [6, 6.07) is 9.94. The van der Waals surface area contributed by atoms with Crippen molar-refractivity contribution in [2.75, 3.05) is 35.2 Å². The summed E-state index contributed by atoms with van der Waals surface area (Å²) >= 11 is 0. The Morgan fingerprint density at radius 2 is 1.81 bits per heavy atom. The number of aromatic nitrogens is 1.